The average Bonchev–Trinajstić information content (AvgIpc) is 2.53. The first-order valence-electron chi connectivity index (χ1n) is 8.01. The van der Waals surface area contributed by atoms with Crippen molar-refractivity contribution in [2.24, 2.45) is 0 Å². The third kappa shape index (κ3) is 5.98. The third-order valence-corrected chi connectivity index (χ3v) is 5.52. The van der Waals surface area contributed by atoms with Crippen LogP contribution in [0.3, 0.4) is 0 Å². The van der Waals surface area contributed by atoms with Gasteiger partial charge in [0.15, 0.2) is 0 Å². The van der Waals surface area contributed by atoms with Crippen LogP contribution in [0.4, 0.5) is 14.9 Å². The molecule has 6 heteroatoms. The monoisotopic (exact) mass is 362 g/mol. The third-order valence-electron chi connectivity index (χ3n) is 3.56. The summed E-state index contributed by atoms with van der Waals surface area (Å²) >= 11 is 0. The van der Waals surface area contributed by atoms with Crippen LogP contribution in [0.15, 0.2) is 48.5 Å². The molecule has 0 aliphatic heterocycles. The summed E-state index contributed by atoms with van der Waals surface area (Å²) in [5.41, 5.74) is 1.92. The molecule has 0 heterocycles. The fraction of sp³-hybridized carbons (Fsp3) is 0.316. The summed E-state index contributed by atoms with van der Waals surface area (Å²) in [6.07, 6.45) is 0. The van der Waals surface area contributed by atoms with Gasteiger partial charge in [0.2, 0.25) is 0 Å². The van der Waals surface area contributed by atoms with Gasteiger partial charge >= 0.3 is 6.03 Å². The number of hydrogen-bond donors (Lipinski definition) is 2. The number of anilines is 1. The minimum Gasteiger partial charge on any atom is -0.334 e. The number of carbonyl (C=O) groups excluding carboxylic acids is 1. The lowest BCUT2D eigenvalue weighted by Gasteiger charge is -2.18. The van der Waals surface area contributed by atoms with Crippen molar-refractivity contribution in [2.75, 3.05) is 5.32 Å². The van der Waals surface area contributed by atoms with Gasteiger partial charge in [-0.05, 0) is 44.5 Å². The molecular weight excluding hydrogens is 339 g/mol. The molecule has 1 unspecified atom stereocenters. The second-order valence-corrected chi connectivity index (χ2v) is 8.91. The molecule has 0 radical (unpaired) electrons. The zero-order valence-corrected chi connectivity index (χ0v) is 15.5. The lowest BCUT2D eigenvalue weighted by Crippen LogP contribution is -2.28. The number of benzene rings is 2. The summed E-state index contributed by atoms with van der Waals surface area (Å²) in [6, 6.07) is 13.1. The predicted molar refractivity (Wildman–Crippen MR) is 100 cm³/mol. The summed E-state index contributed by atoms with van der Waals surface area (Å²) in [5, 5.41) is 5.34. The number of rotatable bonds is 5. The van der Waals surface area contributed by atoms with E-state index in [9.17, 15) is 13.4 Å². The Hall–Kier alpha value is -2.21. The quantitative estimate of drug-likeness (QED) is 0.838. The van der Waals surface area contributed by atoms with E-state index in [1.54, 1.807) is 30.3 Å². The molecule has 2 rings (SSSR count). The van der Waals surface area contributed by atoms with E-state index < -0.39 is 16.8 Å². The van der Waals surface area contributed by atoms with Gasteiger partial charge in [-0.2, -0.15) is 0 Å². The van der Waals surface area contributed by atoms with E-state index in [2.05, 4.69) is 10.6 Å². The standard InChI is InChI=1S/C19H23FN2O2S/c1-19(2,3)25(24)13-14-7-6-9-16(11-14)22-18(23)21-12-15-8-4-5-10-17(15)20/h4-11H,12-13H2,1-3H3,(H2,21,22,23). The van der Waals surface area contributed by atoms with Crippen LogP contribution in [-0.2, 0) is 23.1 Å². The van der Waals surface area contributed by atoms with E-state index >= 15 is 0 Å². The molecule has 4 nitrogen and oxygen atoms in total. The fourth-order valence-electron chi connectivity index (χ4n) is 2.10. The van der Waals surface area contributed by atoms with Gasteiger partial charge in [-0.15, -0.1) is 0 Å². The van der Waals surface area contributed by atoms with Crippen molar-refractivity contribution < 1.29 is 13.4 Å². The Kier molecular flexibility index (Phi) is 6.31. The maximum absolute atomic E-state index is 13.5. The van der Waals surface area contributed by atoms with E-state index in [0.29, 0.717) is 17.0 Å². The highest BCUT2D eigenvalue weighted by Crippen LogP contribution is 2.18. The van der Waals surface area contributed by atoms with Crippen molar-refractivity contribution in [3.8, 4) is 0 Å². The van der Waals surface area contributed by atoms with Gasteiger partial charge in [0.25, 0.3) is 0 Å². The molecule has 0 aromatic heterocycles. The first-order chi connectivity index (χ1) is 11.8. The van der Waals surface area contributed by atoms with E-state index in [-0.39, 0.29) is 17.1 Å². The zero-order valence-electron chi connectivity index (χ0n) is 14.6. The second-order valence-electron chi connectivity index (χ2n) is 6.70. The van der Waals surface area contributed by atoms with Gasteiger partial charge in [0.05, 0.1) is 0 Å². The normalized spacial score (nSPS) is 12.5. The zero-order chi connectivity index (χ0) is 18.4. The number of carbonyl (C=O) groups is 1. The molecule has 1 atom stereocenters. The molecule has 2 aromatic rings. The van der Waals surface area contributed by atoms with E-state index in [4.69, 9.17) is 0 Å². The summed E-state index contributed by atoms with van der Waals surface area (Å²) in [7, 11) is -1.01. The van der Waals surface area contributed by atoms with Crippen LogP contribution in [0.1, 0.15) is 31.9 Å². The highest BCUT2D eigenvalue weighted by Gasteiger charge is 2.19. The fourth-order valence-corrected chi connectivity index (χ4v) is 3.01. The van der Waals surface area contributed by atoms with Crippen molar-refractivity contribution in [2.45, 2.75) is 37.8 Å². The van der Waals surface area contributed by atoms with Crippen molar-refractivity contribution in [3.63, 3.8) is 0 Å². The summed E-state index contributed by atoms with van der Waals surface area (Å²) < 4.78 is 25.5. The maximum Gasteiger partial charge on any atom is 0.319 e. The molecular formula is C19H23FN2O2S. The van der Waals surface area contributed by atoms with Crippen LogP contribution in [-0.4, -0.2) is 15.0 Å². The van der Waals surface area contributed by atoms with Gasteiger partial charge in [-0.1, -0.05) is 30.3 Å². The van der Waals surface area contributed by atoms with Crippen molar-refractivity contribution in [1.29, 1.82) is 0 Å². The number of halogens is 1. The largest absolute Gasteiger partial charge is 0.334 e. The lowest BCUT2D eigenvalue weighted by molar-refractivity contribution is 0.251. The summed E-state index contributed by atoms with van der Waals surface area (Å²) in [4.78, 5) is 12.0. The molecule has 2 aromatic carbocycles. The number of nitrogens with one attached hydrogen (secondary N) is 2. The number of urea groups is 1. The molecule has 0 saturated carbocycles. The first kappa shape index (κ1) is 19.1. The summed E-state index contributed by atoms with van der Waals surface area (Å²) in [5.74, 6) is 0.0741. The van der Waals surface area contributed by atoms with Crippen LogP contribution in [0.5, 0.6) is 0 Å². The summed E-state index contributed by atoms with van der Waals surface area (Å²) in [6.45, 7) is 5.90. The number of amides is 2. The maximum atomic E-state index is 13.5. The van der Waals surface area contributed by atoms with E-state index in [1.807, 2.05) is 32.9 Å². The molecule has 0 aliphatic carbocycles. The Morgan fingerprint density at radius 2 is 1.84 bits per heavy atom. The van der Waals surface area contributed by atoms with Gasteiger partial charge in [-0.3, -0.25) is 4.21 Å². The predicted octanol–water partition coefficient (Wildman–Crippen LogP) is 4.19. The lowest BCUT2D eigenvalue weighted by atomic mass is 10.2. The smallest absolute Gasteiger partial charge is 0.319 e. The molecule has 0 fully saturated rings. The SMILES string of the molecule is CC(C)(C)S(=O)Cc1cccc(NC(=O)NCc2ccccc2F)c1. The highest BCUT2D eigenvalue weighted by atomic mass is 32.2. The van der Waals surface area contributed by atoms with Gasteiger partial charge < -0.3 is 10.6 Å². The molecule has 2 amide bonds. The second kappa shape index (κ2) is 8.25. The Morgan fingerprint density at radius 1 is 1.12 bits per heavy atom. The molecule has 2 N–H and O–H groups in total. The van der Waals surface area contributed by atoms with Crippen molar-refractivity contribution in [3.05, 3.63) is 65.5 Å². The van der Waals surface area contributed by atoms with Crippen LogP contribution in [0, 0.1) is 5.82 Å². The topological polar surface area (TPSA) is 58.2 Å². The minimum atomic E-state index is -1.01. The molecule has 0 saturated heterocycles. The molecule has 0 aliphatic rings. The van der Waals surface area contributed by atoms with Gasteiger partial charge in [0, 0.05) is 39.1 Å². The number of hydrogen-bond acceptors (Lipinski definition) is 2. The molecule has 25 heavy (non-hydrogen) atoms. The van der Waals surface area contributed by atoms with E-state index in [0.717, 1.165) is 5.56 Å². The Balaban J connectivity index is 1.94. The molecule has 0 spiro atoms. The van der Waals surface area contributed by atoms with Gasteiger partial charge in [-0.25, -0.2) is 9.18 Å². The van der Waals surface area contributed by atoms with Crippen LogP contribution in [0.25, 0.3) is 0 Å². The van der Waals surface area contributed by atoms with E-state index in [1.165, 1.54) is 6.07 Å². The van der Waals surface area contributed by atoms with Crippen LogP contribution >= 0.6 is 0 Å². The average molecular weight is 362 g/mol. The first-order valence-corrected chi connectivity index (χ1v) is 9.33. The molecule has 134 valence electrons. The Bertz CT molecular complexity index is 772. The van der Waals surface area contributed by atoms with Crippen LogP contribution < -0.4 is 10.6 Å². The Morgan fingerprint density at radius 3 is 2.52 bits per heavy atom. The van der Waals surface area contributed by atoms with Crippen molar-refractivity contribution >= 4 is 22.5 Å². The minimum absolute atomic E-state index is 0.103. The highest BCUT2D eigenvalue weighted by molar-refractivity contribution is 7.85. The Labute approximate surface area is 150 Å². The van der Waals surface area contributed by atoms with Gasteiger partial charge in [0.1, 0.15) is 5.82 Å². The van der Waals surface area contributed by atoms with Crippen LogP contribution in [0.2, 0.25) is 0 Å². The molecule has 0 bridgehead atoms. The van der Waals surface area contributed by atoms with Crippen molar-refractivity contribution in [1.82, 2.24) is 5.32 Å².